The van der Waals surface area contributed by atoms with Crippen molar-refractivity contribution in [2.75, 3.05) is 20.2 Å². The summed E-state index contributed by atoms with van der Waals surface area (Å²) in [7, 11) is 1.21. The smallest absolute Gasteiger partial charge is 0.416 e. The molecule has 1 aliphatic heterocycles. The van der Waals surface area contributed by atoms with Crippen LogP contribution in [-0.4, -0.2) is 31.2 Å². The Kier molecular flexibility index (Phi) is 4.64. The third-order valence-corrected chi connectivity index (χ3v) is 4.19. The van der Waals surface area contributed by atoms with Gasteiger partial charge < -0.3 is 10.1 Å². The minimum absolute atomic E-state index is 0.0673. The molecule has 7 heteroatoms. The molecule has 1 fully saturated rings. The highest BCUT2D eigenvalue weighted by molar-refractivity contribution is 5.86. The Bertz CT molecular complexity index is 767. The van der Waals surface area contributed by atoms with Crippen molar-refractivity contribution in [3.63, 3.8) is 0 Å². The second-order valence-corrected chi connectivity index (χ2v) is 5.75. The normalized spacial score (nSPS) is 17.2. The van der Waals surface area contributed by atoms with Gasteiger partial charge in [0.25, 0.3) is 0 Å². The van der Waals surface area contributed by atoms with Gasteiger partial charge in [0.05, 0.1) is 18.2 Å². The van der Waals surface area contributed by atoms with Crippen molar-refractivity contribution in [1.82, 2.24) is 10.3 Å². The van der Waals surface area contributed by atoms with Crippen molar-refractivity contribution in [3.05, 3.63) is 53.3 Å². The van der Waals surface area contributed by atoms with Crippen LogP contribution in [0.15, 0.2) is 24.4 Å². The van der Waals surface area contributed by atoms with Gasteiger partial charge in [-0.25, -0.2) is 9.78 Å². The van der Waals surface area contributed by atoms with Crippen molar-refractivity contribution in [3.8, 4) is 11.1 Å². The first-order chi connectivity index (χ1) is 11.9. The summed E-state index contributed by atoms with van der Waals surface area (Å²) in [6.45, 7) is 1.52. The lowest BCUT2D eigenvalue weighted by molar-refractivity contribution is -0.137. The quantitative estimate of drug-likeness (QED) is 0.866. The van der Waals surface area contributed by atoms with E-state index in [-0.39, 0.29) is 11.6 Å². The molecule has 0 aliphatic carbocycles. The molecule has 130 valence electrons. The number of halogens is 3. The molecular weight excluding hydrogens is 333 g/mol. The van der Waals surface area contributed by atoms with Crippen LogP contribution in [0, 0.1) is 12.1 Å². The van der Waals surface area contributed by atoms with Crippen LogP contribution in [0.5, 0.6) is 0 Å². The van der Waals surface area contributed by atoms with E-state index in [1.807, 2.05) is 0 Å². The number of ether oxygens (including phenoxy) is 1. The minimum Gasteiger partial charge on any atom is -0.464 e. The second kappa shape index (κ2) is 6.73. The van der Waals surface area contributed by atoms with Crippen molar-refractivity contribution >= 4 is 5.97 Å². The van der Waals surface area contributed by atoms with Crippen LogP contribution in [0.1, 0.15) is 34.0 Å². The first kappa shape index (κ1) is 17.2. The topological polar surface area (TPSA) is 51.2 Å². The Hall–Kier alpha value is -2.59. The molecule has 25 heavy (non-hydrogen) atoms. The molecule has 0 amide bonds. The van der Waals surface area contributed by atoms with E-state index in [0.29, 0.717) is 17.7 Å². The molecule has 1 unspecified atom stereocenters. The summed E-state index contributed by atoms with van der Waals surface area (Å²) < 4.78 is 43.8. The molecule has 1 N–H and O–H groups in total. The van der Waals surface area contributed by atoms with E-state index in [9.17, 15) is 18.0 Å². The van der Waals surface area contributed by atoms with Crippen LogP contribution in [-0.2, 0) is 10.9 Å². The fourth-order valence-electron chi connectivity index (χ4n) is 2.90. The number of aromatic nitrogens is 1. The van der Waals surface area contributed by atoms with E-state index in [4.69, 9.17) is 0 Å². The van der Waals surface area contributed by atoms with Gasteiger partial charge in [0.15, 0.2) is 5.69 Å². The van der Waals surface area contributed by atoms with Gasteiger partial charge in [0, 0.05) is 12.7 Å². The predicted molar refractivity (Wildman–Crippen MR) is 83.9 cm³/mol. The Balaban J connectivity index is 2.06. The zero-order chi connectivity index (χ0) is 18.0. The maximum atomic E-state index is 13.1. The third kappa shape index (κ3) is 3.59. The van der Waals surface area contributed by atoms with Gasteiger partial charge in [-0.05, 0) is 48.2 Å². The summed E-state index contributed by atoms with van der Waals surface area (Å²) >= 11 is 0. The molecule has 2 aromatic rings. The van der Waals surface area contributed by atoms with Crippen molar-refractivity contribution < 1.29 is 22.7 Å². The number of carbonyl (C=O) groups excluding carboxylic acids is 1. The molecule has 4 nitrogen and oxygen atoms in total. The van der Waals surface area contributed by atoms with Crippen LogP contribution < -0.4 is 5.32 Å². The monoisotopic (exact) mass is 348 g/mol. The van der Waals surface area contributed by atoms with E-state index in [1.165, 1.54) is 19.4 Å². The van der Waals surface area contributed by atoms with Crippen molar-refractivity contribution in [2.45, 2.75) is 18.5 Å². The van der Waals surface area contributed by atoms with E-state index in [2.05, 4.69) is 27.2 Å². The number of nitrogens with zero attached hydrogens (tertiary/aromatic N) is 1. The Labute approximate surface area is 143 Å². The van der Waals surface area contributed by atoms with E-state index in [0.717, 1.165) is 30.7 Å². The molecule has 1 aromatic heterocycles. The number of rotatable bonds is 3. The van der Waals surface area contributed by atoms with Gasteiger partial charge in [-0.1, -0.05) is 12.1 Å². The number of benzene rings is 1. The standard InChI is InChI=1S/C18H15F3N2O2/c1-25-17(24)16-5-2-11(10-23-16)15-8-13(18(19,20)21)3-4-14(15)12-6-7-22-9-12/h3-4,8,10,12,22H,6-7,9H2,1H3. The van der Waals surface area contributed by atoms with E-state index < -0.39 is 17.7 Å². The largest absolute Gasteiger partial charge is 0.464 e. The van der Waals surface area contributed by atoms with E-state index in [1.54, 1.807) is 0 Å². The molecule has 1 aliphatic rings. The highest BCUT2D eigenvalue weighted by Crippen LogP contribution is 2.37. The lowest BCUT2D eigenvalue weighted by Gasteiger charge is -2.17. The average Bonchev–Trinajstić information content (AvgIpc) is 3.14. The number of hydrogen-bond acceptors (Lipinski definition) is 4. The fourth-order valence-corrected chi connectivity index (χ4v) is 2.90. The highest BCUT2D eigenvalue weighted by Gasteiger charge is 2.32. The van der Waals surface area contributed by atoms with Crippen LogP contribution in [0.25, 0.3) is 11.1 Å². The fraction of sp³-hybridized carbons (Fsp3) is 0.333. The highest BCUT2D eigenvalue weighted by atomic mass is 19.4. The third-order valence-electron chi connectivity index (χ3n) is 4.19. The Morgan fingerprint density at radius 3 is 2.72 bits per heavy atom. The number of esters is 1. The molecule has 2 heterocycles. The predicted octanol–water partition coefficient (Wildman–Crippen LogP) is 3.23. The molecule has 0 saturated carbocycles. The number of alkyl halides is 3. The zero-order valence-corrected chi connectivity index (χ0v) is 13.4. The van der Waals surface area contributed by atoms with Gasteiger partial charge in [-0.2, -0.15) is 13.2 Å². The summed E-state index contributed by atoms with van der Waals surface area (Å²) in [5.41, 5.74) is 0.768. The number of nitrogens with one attached hydrogen (secondary N) is 1. The Morgan fingerprint density at radius 2 is 2.16 bits per heavy atom. The van der Waals surface area contributed by atoms with Gasteiger partial charge in [0.2, 0.25) is 0 Å². The van der Waals surface area contributed by atoms with Crippen LogP contribution in [0.4, 0.5) is 13.2 Å². The SMILES string of the molecule is COC(=O)c1c#cc(-c2cc(C(F)(F)F)ccc2C2CCNC2)cn1. The maximum Gasteiger partial charge on any atom is 0.416 e. The maximum absolute atomic E-state index is 13.1. The second-order valence-electron chi connectivity index (χ2n) is 5.75. The number of methoxy groups -OCH3 is 1. The van der Waals surface area contributed by atoms with Crippen molar-refractivity contribution in [2.24, 2.45) is 0 Å². The first-order valence-electron chi connectivity index (χ1n) is 7.70. The summed E-state index contributed by atoms with van der Waals surface area (Å²) in [5, 5.41) is 3.21. The molecule has 0 spiro atoms. The molecule has 0 radical (unpaired) electrons. The lowest BCUT2D eigenvalue weighted by Crippen LogP contribution is -2.10. The van der Waals surface area contributed by atoms with Gasteiger partial charge >= 0.3 is 12.1 Å². The molecule has 0 bridgehead atoms. The van der Waals surface area contributed by atoms with Crippen LogP contribution in [0.2, 0.25) is 0 Å². The van der Waals surface area contributed by atoms with Crippen LogP contribution in [0.3, 0.4) is 0 Å². The summed E-state index contributed by atoms with van der Waals surface area (Å²) in [5.74, 6) is -0.557. The number of hydrogen-bond donors (Lipinski definition) is 1. The summed E-state index contributed by atoms with van der Waals surface area (Å²) in [4.78, 5) is 15.4. The van der Waals surface area contributed by atoms with Gasteiger partial charge in [0.1, 0.15) is 0 Å². The molecule has 3 rings (SSSR count). The minimum atomic E-state index is -4.44. The lowest BCUT2D eigenvalue weighted by atomic mass is 9.89. The van der Waals surface area contributed by atoms with E-state index >= 15 is 0 Å². The van der Waals surface area contributed by atoms with Gasteiger partial charge in [-0.15, -0.1) is 0 Å². The van der Waals surface area contributed by atoms with Crippen molar-refractivity contribution in [1.29, 1.82) is 0 Å². The van der Waals surface area contributed by atoms with Gasteiger partial charge in [-0.3, -0.25) is 0 Å². The zero-order valence-electron chi connectivity index (χ0n) is 13.4. The molecule has 1 atom stereocenters. The number of carbonyl (C=O) groups is 1. The molecule has 1 aromatic carbocycles. The molecule has 1 saturated heterocycles. The van der Waals surface area contributed by atoms with Crippen LogP contribution >= 0.6 is 0 Å². The summed E-state index contributed by atoms with van der Waals surface area (Å²) in [6.07, 6.45) is -2.27. The molecular formula is C18H15F3N2O2. The first-order valence-corrected chi connectivity index (χ1v) is 7.70. The average molecular weight is 348 g/mol. The summed E-state index contributed by atoms with van der Waals surface area (Å²) in [6, 6.07) is 9.00. The Morgan fingerprint density at radius 1 is 1.36 bits per heavy atom.